The van der Waals surface area contributed by atoms with Gasteiger partial charge in [-0.05, 0) is 43.3 Å². The van der Waals surface area contributed by atoms with E-state index in [4.69, 9.17) is 12.2 Å². The predicted molar refractivity (Wildman–Crippen MR) is 84.1 cm³/mol. The van der Waals surface area contributed by atoms with Gasteiger partial charge in [0.15, 0.2) is 5.11 Å². The Bertz CT molecular complexity index is 635. The van der Waals surface area contributed by atoms with Gasteiger partial charge in [-0.1, -0.05) is 18.9 Å². The molecule has 4 nitrogen and oxygen atoms in total. The second kappa shape index (κ2) is 5.99. The zero-order valence-electron chi connectivity index (χ0n) is 12.2. The Balaban J connectivity index is 1.75. The van der Waals surface area contributed by atoms with E-state index in [1.54, 1.807) is 0 Å². The number of anilines is 1. The molecule has 1 saturated heterocycles. The number of alkyl halides is 3. The molecule has 1 aliphatic heterocycles. The molecule has 0 bridgehead atoms. The fourth-order valence-corrected chi connectivity index (χ4v) is 3.54. The number of hydrogen-bond acceptors (Lipinski definition) is 2. The molecule has 23 heavy (non-hydrogen) atoms. The molecule has 1 aromatic carbocycles. The van der Waals surface area contributed by atoms with E-state index >= 15 is 0 Å². The number of hydrogen-bond donors (Lipinski definition) is 2. The Morgan fingerprint density at radius 2 is 2.04 bits per heavy atom. The third kappa shape index (κ3) is 3.26. The van der Waals surface area contributed by atoms with Gasteiger partial charge in [-0.15, -0.1) is 0 Å². The summed E-state index contributed by atoms with van der Waals surface area (Å²) < 4.78 is 38.2. The smallest absolute Gasteiger partial charge is 0.357 e. The van der Waals surface area contributed by atoms with Crippen molar-refractivity contribution in [3.8, 4) is 0 Å². The lowest BCUT2D eigenvalue weighted by Gasteiger charge is -2.29. The van der Waals surface area contributed by atoms with Gasteiger partial charge in [-0.25, -0.2) is 4.79 Å². The number of benzene rings is 1. The number of nitrogens with one attached hydrogen (secondary N) is 2. The Morgan fingerprint density at radius 1 is 1.30 bits per heavy atom. The summed E-state index contributed by atoms with van der Waals surface area (Å²) in [4.78, 5) is 13.9. The quantitative estimate of drug-likeness (QED) is 0.764. The van der Waals surface area contributed by atoms with Crippen LogP contribution in [0.1, 0.15) is 31.2 Å². The second-order valence-corrected chi connectivity index (χ2v) is 6.17. The average molecular weight is 343 g/mol. The molecule has 3 rings (SSSR count). The van der Waals surface area contributed by atoms with Crippen LogP contribution in [0.4, 0.5) is 23.7 Å². The van der Waals surface area contributed by atoms with Gasteiger partial charge in [0.25, 0.3) is 0 Å². The number of halogens is 3. The molecule has 124 valence electrons. The molecule has 2 fully saturated rings. The summed E-state index contributed by atoms with van der Waals surface area (Å²) in [5, 5.41) is 5.98. The molecule has 1 aromatic rings. The van der Waals surface area contributed by atoms with E-state index in [2.05, 4.69) is 10.6 Å². The Kier molecular flexibility index (Phi) is 4.18. The Hall–Kier alpha value is -1.83. The summed E-state index contributed by atoms with van der Waals surface area (Å²) in [6.07, 6.45) is -0.565. The summed E-state index contributed by atoms with van der Waals surface area (Å²) in [5.41, 5.74) is -0.695. The molecule has 2 amide bonds. The standard InChI is InChI=1S/C15H16F3N3OS/c16-15(17,18)9-4-3-5-10(8-9)19-13(22)21-12-7-2-1-6-11(12)20-14(21)23/h3-5,8,11-12H,1-2,6-7H2,(H,19,22)(H,20,23)/t11-,12-/m1/s1. The lowest BCUT2D eigenvalue weighted by Crippen LogP contribution is -2.44. The topological polar surface area (TPSA) is 44.4 Å². The van der Waals surface area contributed by atoms with Crippen molar-refractivity contribution in [2.45, 2.75) is 43.9 Å². The molecule has 0 unspecified atom stereocenters. The van der Waals surface area contributed by atoms with Crippen molar-refractivity contribution >= 4 is 29.0 Å². The summed E-state index contributed by atoms with van der Waals surface area (Å²) in [7, 11) is 0. The van der Waals surface area contributed by atoms with Gasteiger partial charge in [0.2, 0.25) is 0 Å². The van der Waals surface area contributed by atoms with Gasteiger partial charge >= 0.3 is 12.2 Å². The van der Waals surface area contributed by atoms with Crippen LogP contribution in [0.3, 0.4) is 0 Å². The van der Waals surface area contributed by atoms with Crippen molar-refractivity contribution in [2.24, 2.45) is 0 Å². The minimum Gasteiger partial charge on any atom is -0.357 e. The van der Waals surface area contributed by atoms with E-state index in [9.17, 15) is 18.0 Å². The zero-order chi connectivity index (χ0) is 16.6. The molecule has 2 atom stereocenters. The van der Waals surface area contributed by atoms with Crippen LogP contribution in [0.15, 0.2) is 24.3 Å². The first-order valence-corrected chi connectivity index (χ1v) is 7.85. The van der Waals surface area contributed by atoms with Gasteiger partial charge in [0.1, 0.15) is 0 Å². The number of rotatable bonds is 1. The van der Waals surface area contributed by atoms with Crippen molar-refractivity contribution in [1.29, 1.82) is 0 Å². The maximum absolute atomic E-state index is 12.7. The molecule has 1 heterocycles. The second-order valence-electron chi connectivity index (χ2n) is 5.79. The van der Waals surface area contributed by atoms with E-state index in [0.29, 0.717) is 5.11 Å². The number of urea groups is 1. The number of carbonyl (C=O) groups excluding carboxylic acids is 1. The summed E-state index contributed by atoms with van der Waals surface area (Å²) >= 11 is 5.21. The Morgan fingerprint density at radius 3 is 2.78 bits per heavy atom. The lowest BCUT2D eigenvalue weighted by atomic mass is 9.91. The summed E-state index contributed by atoms with van der Waals surface area (Å²) in [6.45, 7) is 0. The van der Waals surface area contributed by atoms with Crippen LogP contribution in [0, 0.1) is 0 Å². The van der Waals surface area contributed by atoms with E-state index < -0.39 is 17.8 Å². The fraction of sp³-hybridized carbons (Fsp3) is 0.467. The predicted octanol–water partition coefficient (Wildman–Crippen LogP) is 3.74. The number of nitrogens with zero attached hydrogens (tertiary/aromatic N) is 1. The first-order valence-electron chi connectivity index (χ1n) is 7.44. The summed E-state index contributed by atoms with van der Waals surface area (Å²) in [6, 6.07) is 4.21. The van der Waals surface area contributed by atoms with E-state index in [-0.39, 0.29) is 17.8 Å². The Labute approximate surface area is 137 Å². The molecule has 0 spiro atoms. The molecule has 1 saturated carbocycles. The number of thiocarbonyl (C=S) groups is 1. The molecule has 8 heteroatoms. The van der Waals surface area contributed by atoms with Crippen molar-refractivity contribution in [1.82, 2.24) is 10.2 Å². The van der Waals surface area contributed by atoms with Crippen LogP contribution in [0.5, 0.6) is 0 Å². The zero-order valence-corrected chi connectivity index (χ0v) is 13.0. The van der Waals surface area contributed by atoms with Crippen molar-refractivity contribution in [3.05, 3.63) is 29.8 Å². The molecule has 1 aliphatic carbocycles. The van der Waals surface area contributed by atoms with Crippen molar-refractivity contribution in [3.63, 3.8) is 0 Å². The highest BCUT2D eigenvalue weighted by Crippen LogP contribution is 2.31. The molecular weight excluding hydrogens is 327 g/mol. The largest absolute Gasteiger partial charge is 0.416 e. The van der Waals surface area contributed by atoms with Gasteiger partial charge in [-0.2, -0.15) is 13.2 Å². The molecular formula is C15H16F3N3OS. The number of carbonyl (C=O) groups is 1. The monoisotopic (exact) mass is 343 g/mol. The molecule has 0 radical (unpaired) electrons. The third-order valence-electron chi connectivity index (χ3n) is 4.25. The number of fused-ring (bicyclic) bond motifs is 1. The minimum atomic E-state index is -4.44. The van der Waals surface area contributed by atoms with Crippen LogP contribution < -0.4 is 10.6 Å². The average Bonchev–Trinajstić information content (AvgIpc) is 2.82. The van der Waals surface area contributed by atoms with Crippen molar-refractivity contribution < 1.29 is 18.0 Å². The van der Waals surface area contributed by atoms with Gasteiger partial charge in [0.05, 0.1) is 11.6 Å². The number of amides is 2. The van der Waals surface area contributed by atoms with Gasteiger partial charge in [-0.3, -0.25) is 4.90 Å². The highest BCUT2D eigenvalue weighted by molar-refractivity contribution is 7.80. The van der Waals surface area contributed by atoms with E-state index in [1.165, 1.54) is 17.0 Å². The van der Waals surface area contributed by atoms with Gasteiger partial charge in [0, 0.05) is 11.7 Å². The minimum absolute atomic E-state index is 0.0259. The van der Waals surface area contributed by atoms with Crippen LogP contribution in [-0.2, 0) is 6.18 Å². The molecule has 2 aliphatic rings. The van der Waals surface area contributed by atoms with Gasteiger partial charge < -0.3 is 10.6 Å². The lowest BCUT2D eigenvalue weighted by molar-refractivity contribution is -0.137. The maximum Gasteiger partial charge on any atom is 0.416 e. The normalized spacial score (nSPS) is 24.1. The molecule has 0 aromatic heterocycles. The highest BCUT2D eigenvalue weighted by Gasteiger charge is 2.41. The van der Waals surface area contributed by atoms with E-state index in [0.717, 1.165) is 37.8 Å². The van der Waals surface area contributed by atoms with Crippen LogP contribution in [0.25, 0.3) is 0 Å². The SMILES string of the molecule is O=C(Nc1cccc(C(F)(F)F)c1)N1C(=S)N[C@@H]2CCCC[C@H]21. The van der Waals surface area contributed by atoms with Crippen LogP contribution >= 0.6 is 12.2 Å². The van der Waals surface area contributed by atoms with Crippen LogP contribution in [0.2, 0.25) is 0 Å². The summed E-state index contributed by atoms with van der Waals surface area (Å²) in [5.74, 6) is 0. The van der Waals surface area contributed by atoms with Crippen LogP contribution in [-0.4, -0.2) is 28.1 Å². The first-order chi connectivity index (χ1) is 10.9. The fourth-order valence-electron chi connectivity index (χ4n) is 3.17. The highest BCUT2D eigenvalue weighted by atomic mass is 32.1. The third-order valence-corrected chi connectivity index (χ3v) is 4.56. The van der Waals surface area contributed by atoms with Crippen molar-refractivity contribution in [2.75, 3.05) is 5.32 Å². The maximum atomic E-state index is 12.7. The first kappa shape index (κ1) is 16.0. The molecule has 2 N–H and O–H groups in total. The van der Waals surface area contributed by atoms with E-state index in [1.807, 2.05) is 0 Å².